The van der Waals surface area contributed by atoms with Crippen LogP contribution >= 0.6 is 0 Å². The van der Waals surface area contributed by atoms with Gasteiger partial charge in [-0.1, -0.05) is 6.07 Å². The first kappa shape index (κ1) is 23.0. The van der Waals surface area contributed by atoms with Gasteiger partial charge in [-0.15, -0.1) is 0 Å². The van der Waals surface area contributed by atoms with Crippen molar-refractivity contribution in [3.05, 3.63) is 65.0 Å². The first-order valence-electron chi connectivity index (χ1n) is 8.78. The van der Waals surface area contributed by atoms with Gasteiger partial charge in [0.05, 0.1) is 21.3 Å². The SMILES string of the molecule is O=C(NC1CC(S(=O)(=O)c2cccc(C(F)(F)F)c2)C1)c1ccc(F)c(C(F)(F)F)c1. The minimum absolute atomic E-state index is 0.127. The molecule has 1 aliphatic rings. The summed E-state index contributed by atoms with van der Waals surface area (Å²) in [6, 6.07) is 4.26. The topological polar surface area (TPSA) is 63.2 Å². The number of alkyl halides is 6. The van der Waals surface area contributed by atoms with E-state index >= 15 is 0 Å². The van der Waals surface area contributed by atoms with E-state index in [-0.39, 0.29) is 12.8 Å². The molecule has 168 valence electrons. The number of carbonyl (C=O) groups is 1. The Balaban J connectivity index is 1.67. The average Bonchev–Trinajstić information content (AvgIpc) is 2.62. The number of sulfone groups is 1. The minimum atomic E-state index is -5.00. The molecule has 0 heterocycles. The molecule has 4 nitrogen and oxygen atoms in total. The van der Waals surface area contributed by atoms with Crippen LogP contribution < -0.4 is 5.32 Å². The Morgan fingerprint density at radius 2 is 1.58 bits per heavy atom. The molecule has 0 aromatic heterocycles. The van der Waals surface area contributed by atoms with Crippen molar-refractivity contribution in [3.63, 3.8) is 0 Å². The fourth-order valence-corrected chi connectivity index (χ4v) is 5.05. The summed E-state index contributed by atoms with van der Waals surface area (Å²) in [7, 11) is -4.10. The van der Waals surface area contributed by atoms with Crippen molar-refractivity contribution >= 4 is 15.7 Å². The first-order valence-corrected chi connectivity index (χ1v) is 10.3. The summed E-state index contributed by atoms with van der Waals surface area (Å²) in [5.41, 5.74) is -3.19. The maximum absolute atomic E-state index is 13.3. The van der Waals surface area contributed by atoms with Gasteiger partial charge in [0.2, 0.25) is 0 Å². The average molecular weight is 469 g/mol. The second-order valence-electron chi connectivity index (χ2n) is 7.03. The van der Waals surface area contributed by atoms with E-state index in [1.165, 1.54) is 0 Å². The van der Waals surface area contributed by atoms with E-state index in [4.69, 9.17) is 0 Å². The van der Waals surface area contributed by atoms with Crippen LogP contribution in [0.1, 0.15) is 34.3 Å². The van der Waals surface area contributed by atoms with Crippen LogP contribution in [0, 0.1) is 5.82 Å². The van der Waals surface area contributed by atoms with Crippen molar-refractivity contribution < 1.29 is 43.9 Å². The lowest BCUT2D eigenvalue weighted by atomic mass is 9.92. The zero-order chi connectivity index (χ0) is 23.2. The lowest BCUT2D eigenvalue weighted by Gasteiger charge is -2.35. The molecule has 1 aliphatic carbocycles. The summed E-state index contributed by atoms with van der Waals surface area (Å²) in [5, 5.41) is 1.29. The highest BCUT2D eigenvalue weighted by Gasteiger charge is 2.41. The predicted octanol–water partition coefficient (Wildman–Crippen LogP) is 4.60. The fourth-order valence-electron chi connectivity index (χ4n) is 3.13. The number of amides is 1. The molecule has 1 saturated carbocycles. The van der Waals surface area contributed by atoms with Gasteiger partial charge in [0.1, 0.15) is 5.82 Å². The number of hydrogen-bond acceptors (Lipinski definition) is 3. The third-order valence-corrected chi connectivity index (χ3v) is 7.07. The highest BCUT2D eigenvalue weighted by Crippen LogP contribution is 2.36. The van der Waals surface area contributed by atoms with Gasteiger partial charge in [-0.2, -0.15) is 26.3 Å². The van der Waals surface area contributed by atoms with Gasteiger partial charge in [-0.3, -0.25) is 4.79 Å². The van der Waals surface area contributed by atoms with E-state index in [1.54, 1.807) is 0 Å². The summed E-state index contributed by atoms with van der Waals surface area (Å²) in [5.74, 6) is -2.50. The molecule has 0 bridgehead atoms. The number of benzene rings is 2. The predicted molar refractivity (Wildman–Crippen MR) is 94.3 cm³/mol. The van der Waals surface area contributed by atoms with Crippen LogP contribution in [-0.2, 0) is 22.2 Å². The quantitative estimate of drug-likeness (QED) is 0.666. The second kappa shape index (κ2) is 7.81. The van der Waals surface area contributed by atoms with E-state index in [0.29, 0.717) is 18.2 Å². The number of halogens is 7. The molecule has 0 spiro atoms. The standard InChI is InChI=1S/C19H14F7NO3S/c20-16-5-4-10(6-15(16)19(24,25)26)17(28)27-12-8-14(9-12)31(29,30)13-3-1-2-11(7-13)18(21,22)23/h1-7,12,14H,8-9H2,(H,27,28). The molecule has 12 heteroatoms. The van der Waals surface area contributed by atoms with Crippen molar-refractivity contribution in [3.8, 4) is 0 Å². The molecule has 0 unspecified atom stereocenters. The Kier molecular flexibility index (Phi) is 5.80. The Labute approximate surface area is 172 Å². The largest absolute Gasteiger partial charge is 0.419 e. The fraction of sp³-hybridized carbons (Fsp3) is 0.316. The smallest absolute Gasteiger partial charge is 0.349 e. The molecule has 1 N–H and O–H groups in total. The lowest BCUT2D eigenvalue weighted by molar-refractivity contribution is -0.140. The van der Waals surface area contributed by atoms with Gasteiger partial charge in [0.15, 0.2) is 9.84 Å². The maximum Gasteiger partial charge on any atom is 0.419 e. The molecule has 0 atom stereocenters. The van der Waals surface area contributed by atoms with Crippen molar-refractivity contribution in [1.29, 1.82) is 0 Å². The molecular weight excluding hydrogens is 455 g/mol. The Morgan fingerprint density at radius 1 is 0.935 bits per heavy atom. The van der Waals surface area contributed by atoms with Crippen LogP contribution in [0.4, 0.5) is 30.7 Å². The molecule has 0 aliphatic heterocycles. The van der Waals surface area contributed by atoms with Gasteiger partial charge in [-0.05, 0) is 49.2 Å². The van der Waals surface area contributed by atoms with Crippen LogP contribution in [-0.4, -0.2) is 25.6 Å². The van der Waals surface area contributed by atoms with Crippen LogP contribution in [0.3, 0.4) is 0 Å². The van der Waals surface area contributed by atoms with Crippen LogP contribution in [0.25, 0.3) is 0 Å². The molecule has 3 rings (SSSR count). The van der Waals surface area contributed by atoms with Crippen molar-refractivity contribution in [2.45, 2.75) is 41.4 Å². The number of nitrogens with one attached hydrogen (secondary N) is 1. The van der Waals surface area contributed by atoms with Crippen molar-refractivity contribution in [1.82, 2.24) is 5.32 Å². The third kappa shape index (κ3) is 4.83. The minimum Gasteiger partial charge on any atom is -0.349 e. The van der Waals surface area contributed by atoms with E-state index in [1.807, 2.05) is 0 Å². The summed E-state index contributed by atoms with van der Waals surface area (Å²) < 4.78 is 115. The third-order valence-electron chi connectivity index (χ3n) is 4.89. The highest BCUT2D eigenvalue weighted by atomic mass is 32.2. The Bertz CT molecular complexity index is 1100. The van der Waals surface area contributed by atoms with Gasteiger partial charge < -0.3 is 5.32 Å². The monoisotopic (exact) mass is 469 g/mol. The van der Waals surface area contributed by atoms with Gasteiger partial charge in [0, 0.05) is 11.6 Å². The molecular formula is C19H14F7NO3S. The van der Waals surface area contributed by atoms with Crippen LogP contribution in [0.5, 0.6) is 0 Å². The molecule has 2 aromatic rings. The molecule has 1 amide bonds. The van der Waals surface area contributed by atoms with Crippen LogP contribution in [0.2, 0.25) is 0 Å². The maximum atomic E-state index is 13.3. The zero-order valence-corrected chi connectivity index (χ0v) is 16.2. The van der Waals surface area contributed by atoms with Crippen molar-refractivity contribution in [2.75, 3.05) is 0 Å². The normalized spacial score (nSPS) is 19.6. The van der Waals surface area contributed by atoms with E-state index in [0.717, 1.165) is 24.3 Å². The van der Waals surface area contributed by atoms with Gasteiger partial charge >= 0.3 is 12.4 Å². The van der Waals surface area contributed by atoms with Gasteiger partial charge in [-0.25, -0.2) is 12.8 Å². The summed E-state index contributed by atoms with van der Waals surface area (Å²) in [6.45, 7) is 0. The Hall–Kier alpha value is -2.63. The van der Waals surface area contributed by atoms with E-state index in [9.17, 15) is 43.9 Å². The zero-order valence-electron chi connectivity index (χ0n) is 15.4. The van der Waals surface area contributed by atoms with Crippen molar-refractivity contribution in [2.24, 2.45) is 0 Å². The molecule has 1 fully saturated rings. The summed E-state index contributed by atoms with van der Waals surface area (Å²) in [6.07, 6.45) is -9.97. The van der Waals surface area contributed by atoms with Crippen LogP contribution in [0.15, 0.2) is 47.4 Å². The van der Waals surface area contributed by atoms with E-state index < -0.39 is 66.8 Å². The number of rotatable bonds is 4. The second-order valence-corrected chi connectivity index (χ2v) is 9.25. The lowest BCUT2D eigenvalue weighted by Crippen LogP contribution is -2.49. The first-order chi connectivity index (χ1) is 14.2. The van der Waals surface area contributed by atoms with Gasteiger partial charge in [0.25, 0.3) is 5.91 Å². The summed E-state index contributed by atoms with van der Waals surface area (Å²) in [4.78, 5) is 11.6. The molecule has 0 saturated heterocycles. The molecule has 31 heavy (non-hydrogen) atoms. The number of carbonyl (C=O) groups excluding carboxylic acids is 1. The summed E-state index contributed by atoms with van der Waals surface area (Å²) >= 11 is 0. The number of hydrogen-bond donors (Lipinski definition) is 1. The molecule has 0 radical (unpaired) electrons. The highest BCUT2D eigenvalue weighted by molar-refractivity contribution is 7.92. The molecule has 2 aromatic carbocycles. The van der Waals surface area contributed by atoms with E-state index in [2.05, 4.69) is 5.32 Å². The Morgan fingerprint density at radius 3 is 2.16 bits per heavy atom.